The second kappa shape index (κ2) is 9.31. The van der Waals surface area contributed by atoms with Gasteiger partial charge in [0, 0.05) is 38.6 Å². The van der Waals surface area contributed by atoms with Crippen molar-refractivity contribution >= 4 is 12.0 Å². The molecule has 0 aromatic heterocycles. The van der Waals surface area contributed by atoms with Crippen molar-refractivity contribution in [2.45, 2.75) is 56.9 Å². The van der Waals surface area contributed by atoms with Crippen molar-refractivity contribution in [3.05, 3.63) is 35.6 Å². The molecule has 0 unspecified atom stereocenters. The number of nitrogens with zero attached hydrogens (tertiary/aromatic N) is 3. The van der Waals surface area contributed by atoms with Gasteiger partial charge in [0.1, 0.15) is 11.9 Å². The fourth-order valence-electron chi connectivity index (χ4n) is 4.64. The molecule has 0 bridgehead atoms. The third-order valence-electron chi connectivity index (χ3n) is 6.63. The summed E-state index contributed by atoms with van der Waals surface area (Å²) in [6.45, 7) is 3.63. The van der Waals surface area contributed by atoms with Crippen LogP contribution in [-0.4, -0.2) is 82.7 Å². The molecule has 164 valence electrons. The number of carbonyl (C=O) groups excluding carboxylic acids is 1. The van der Waals surface area contributed by atoms with E-state index in [1.165, 1.54) is 36.3 Å². The molecule has 3 fully saturated rings. The summed E-state index contributed by atoms with van der Waals surface area (Å²) in [4.78, 5) is 30.5. The Morgan fingerprint density at radius 3 is 2.50 bits per heavy atom. The lowest BCUT2D eigenvalue weighted by atomic mass is 9.91. The second-order valence-corrected chi connectivity index (χ2v) is 8.55. The maximum Gasteiger partial charge on any atom is 0.408 e. The molecule has 4 rings (SSSR count). The lowest BCUT2D eigenvalue weighted by Gasteiger charge is -2.36. The van der Waals surface area contributed by atoms with Crippen molar-refractivity contribution in [2.24, 2.45) is 0 Å². The lowest BCUT2D eigenvalue weighted by molar-refractivity contribution is -0.135. The predicted molar refractivity (Wildman–Crippen MR) is 109 cm³/mol. The number of rotatable bonds is 5. The topological polar surface area (TPSA) is 73.3 Å². The Labute approximate surface area is 176 Å². The molecule has 8 heteroatoms. The molecule has 1 aromatic rings. The average molecular weight is 419 g/mol. The molecule has 1 saturated carbocycles. The minimum Gasteiger partial charge on any atom is -0.465 e. The third-order valence-corrected chi connectivity index (χ3v) is 6.63. The molecule has 0 spiro atoms. The molecular weight excluding hydrogens is 389 g/mol. The van der Waals surface area contributed by atoms with Crippen LogP contribution in [0.25, 0.3) is 0 Å². The first-order valence-corrected chi connectivity index (χ1v) is 10.9. The van der Waals surface area contributed by atoms with Crippen LogP contribution < -0.4 is 0 Å². The van der Waals surface area contributed by atoms with Crippen LogP contribution in [0.4, 0.5) is 9.18 Å². The van der Waals surface area contributed by atoms with Gasteiger partial charge in [-0.15, -0.1) is 0 Å². The maximum atomic E-state index is 13.2. The maximum absolute atomic E-state index is 13.2. The number of hydrogen-bond donors (Lipinski definition) is 1. The zero-order chi connectivity index (χ0) is 21.1. The van der Waals surface area contributed by atoms with E-state index in [1.807, 2.05) is 4.90 Å². The van der Waals surface area contributed by atoms with Crippen LogP contribution in [0.2, 0.25) is 0 Å². The highest BCUT2D eigenvalue weighted by Crippen LogP contribution is 2.27. The zero-order valence-corrected chi connectivity index (χ0v) is 17.2. The van der Waals surface area contributed by atoms with E-state index in [4.69, 9.17) is 4.74 Å². The Morgan fingerprint density at radius 2 is 1.83 bits per heavy atom. The summed E-state index contributed by atoms with van der Waals surface area (Å²) in [5.41, 5.74) is 0.816. The van der Waals surface area contributed by atoms with E-state index < -0.39 is 12.1 Å². The van der Waals surface area contributed by atoms with Crippen molar-refractivity contribution in [2.75, 3.05) is 32.7 Å². The summed E-state index contributed by atoms with van der Waals surface area (Å²) in [5.74, 6) is -0.420. The molecule has 0 radical (unpaired) electrons. The van der Waals surface area contributed by atoms with Crippen molar-refractivity contribution in [3.63, 3.8) is 0 Å². The van der Waals surface area contributed by atoms with Gasteiger partial charge in [-0.1, -0.05) is 18.6 Å². The summed E-state index contributed by atoms with van der Waals surface area (Å²) in [6.07, 6.45) is 3.62. The first-order chi connectivity index (χ1) is 14.5. The number of amides is 2. The number of carbonyl (C=O) groups is 2. The van der Waals surface area contributed by atoms with Crippen LogP contribution in [0.1, 0.15) is 37.7 Å². The average Bonchev–Trinajstić information content (AvgIpc) is 2.98. The van der Waals surface area contributed by atoms with Crippen LogP contribution in [-0.2, 0) is 16.1 Å². The molecule has 2 atom stereocenters. The van der Waals surface area contributed by atoms with Crippen LogP contribution in [0, 0.1) is 5.82 Å². The van der Waals surface area contributed by atoms with E-state index in [1.54, 1.807) is 12.1 Å². The van der Waals surface area contributed by atoms with Crippen LogP contribution in [0.5, 0.6) is 0 Å². The number of benzene rings is 1. The standard InChI is InChI=1S/C22H30FN3O4/c23-17-7-5-16(6-8-17)15-30-19-13-20(26(14-19)22(28)29)21(27)25-10-2-9-24(11-12-25)18-3-1-4-18/h5-8,18-20H,1-4,9-15H2,(H,28,29)/t19-,20+/m0/s1. The van der Waals surface area contributed by atoms with Crippen molar-refractivity contribution in [1.29, 1.82) is 0 Å². The summed E-state index contributed by atoms with van der Waals surface area (Å²) in [6, 6.07) is 5.99. The van der Waals surface area contributed by atoms with Gasteiger partial charge in [-0.05, 0) is 37.0 Å². The molecule has 30 heavy (non-hydrogen) atoms. The summed E-state index contributed by atoms with van der Waals surface area (Å²) in [7, 11) is 0. The Bertz CT molecular complexity index is 755. The number of likely N-dealkylation sites (tertiary alicyclic amines) is 1. The number of ether oxygens (including phenoxy) is 1. The molecule has 1 N–H and O–H groups in total. The van der Waals surface area contributed by atoms with Gasteiger partial charge in [-0.2, -0.15) is 0 Å². The van der Waals surface area contributed by atoms with Gasteiger partial charge >= 0.3 is 6.09 Å². The normalized spacial score (nSPS) is 25.8. The van der Waals surface area contributed by atoms with Gasteiger partial charge in [0.15, 0.2) is 0 Å². The van der Waals surface area contributed by atoms with Gasteiger partial charge in [0.2, 0.25) is 5.91 Å². The molecule has 2 aliphatic heterocycles. The zero-order valence-electron chi connectivity index (χ0n) is 17.2. The summed E-state index contributed by atoms with van der Waals surface area (Å²) < 4.78 is 18.9. The quantitative estimate of drug-likeness (QED) is 0.794. The highest BCUT2D eigenvalue weighted by Gasteiger charge is 2.42. The van der Waals surface area contributed by atoms with E-state index >= 15 is 0 Å². The lowest BCUT2D eigenvalue weighted by Crippen LogP contribution is -2.49. The Morgan fingerprint density at radius 1 is 1.07 bits per heavy atom. The Kier molecular flexibility index (Phi) is 6.53. The molecule has 2 heterocycles. The summed E-state index contributed by atoms with van der Waals surface area (Å²) in [5, 5.41) is 9.62. The molecule has 2 amide bonds. The van der Waals surface area contributed by atoms with Gasteiger partial charge in [0.05, 0.1) is 19.3 Å². The van der Waals surface area contributed by atoms with Crippen LogP contribution in [0.3, 0.4) is 0 Å². The molecule has 2 saturated heterocycles. The fourth-order valence-corrected chi connectivity index (χ4v) is 4.64. The van der Waals surface area contributed by atoms with E-state index in [0.717, 1.165) is 25.1 Å². The number of hydrogen-bond acceptors (Lipinski definition) is 4. The van der Waals surface area contributed by atoms with Gasteiger partial charge in [-0.3, -0.25) is 14.6 Å². The van der Waals surface area contributed by atoms with E-state index in [-0.39, 0.29) is 31.0 Å². The summed E-state index contributed by atoms with van der Waals surface area (Å²) >= 11 is 0. The smallest absolute Gasteiger partial charge is 0.408 e. The second-order valence-electron chi connectivity index (χ2n) is 8.55. The molecule has 1 aliphatic carbocycles. The van der Waals surface area contributed by atoms with Gasteiger partial charge in [0.25, 0.3) is 0 Å². The van der Waals surface area contributed by atoms with Crippen molar-refractivity contribution in [1.82, 2.24) is 14.7 Å². The highest BCUT2D eigenvalue weighted by atomic mass is 19.1. The third kappa shape index (κ3) is 4.75. The Hall–Kier alpha value is -2.19. The minimum atomic E-state index is -1.09. The first kappa shape index (κ1) is 21.1. The molecule has 3 aliphatic rings. The van der Waals surface area contributed by atoms with Crippen molar-refractivity contribution in [3.8, 4) is 0 Å². The highest BCUT2D eigenvalue weighted by molar-refractivity contribution is 5.86. The first-order valence-electron chi connectivity index (χ1n) is 10.9. The largest absolute Gasteiger partial charge is 0.465 e. The molecule has 7 nitrogen and oxygen atoms in total. The monoisotopic (exact) mass is 419 g/mol. The SMILES string of the molecule is O=C([C@H]1C[C@H](OCc2ccc(F)cc2)CN1C(=O)O)N1CCCN(C2CCC2)CC1. The van der Waals surface area contributed by atoms with Crippen molar-refractivity contribution < 1.29 is 23.8 Å². The minimum absolute atomic E-state index is 0.110. The van der Waals surface area contributed by atoms with Crippen LogP contribution in [0.15, 0.2) is 24.3 Å². The van der Waals surface area contributed by atoms with E-state index in [0.29, 0.717) is 25.6 Å². The number of carboxylic acid groups (broad SMARTS) is 1. The van der Waals surface area contributed by atoms with E-state index in [2.05, 4.69) is 4.90 Å². The van der Waals surface area contributed by atoms with Crippen LogP contribution >= 0.6 is 0 Å². The van der Waals surface area contributed by atoms with Gasteiger partial charge < -0.3 is 14.7 Å². The van der Waals surface area contributed by atoms with Gasteiger partial charge in [-0.25, -0.2) is 9.18 Å². The van der Waals surface area contributed by atoms with E-state index in [9.17, 15) is 19.1 Å². The Balaban J connectivity index is 1.34. The predicted octanol–water partition coefficient (Wildman–Crippen LogP) is 2.55. The fraction of sp³-hybridized carbons (Fsp3) is 0.636. The number of halogens is 1. The molecular formula is C22H30FN3O4. The molecule has 1 aromatic carbocycles.